The molecule has 0 bridgehead atoms. The summed E-state index contributed by atoms with van der Waals surface area (Å²) in [6.45, 7) is 0. The molecule has 0 saturated carbocycles. The lowest BCUT2D eigenvalue weighted by Crippen LogP contribution is -2.30. The van der Waals surface area contributed by atoms with Crippen LogP contribution in [0.2, 0.25) is 0 Å². The van der Waals surface area contributed by atoms with Gasteiger partial charge in [0.05, 0.1) is 13.0 Å². The van der Waals surface area contributed by atoms with E-state index >= 15 is 0 Å². The minimum Gasteiger partial charge on any atom is -0.497 e. The van der Waals surface area contributed by atoms with Crippen LogP contribution in [-0.2, 0) is 0 Å². The number of ether oxygens (including phenoxy) is 2. The zero-order chi connectivity index (χ0) is 19.8. The van der Waals surface area contributed by atoms with Gasteiger partial charge in [0.2, 0.25) is 5.78 Å². The fourth-order valence-electron chi connectivity index (χ4n) is 4.18. The van der Waals surface area contributed by atoms with Gasteiger partial charge in [0, 0.05) is 11.1 Å². The highest BCUT2D eigenvalue weighted by Gasteiger charge is 2.41. The molecule has 1 aliphatic rings. The van der Waals surface area contributed by atoms with Crippen LogP contribution in [0.15, 0.2) is 91.0 Å². The molecule has 2 atom stereocenters. The van der Waals surface area contributed by atoms with E-state index in [4.69, 9.17) is 9.47 Å². The fourth-order valence-corrected chi connectivity index (χ4v) is 4.18. The maximum absolute atomic E-state index is 13.4. The van der Waals surface area contributed by atoms with Crippen LogP contribution < -0.4 is 9.47 Å². The van der Waals surface area contributed by atoms with E-state index < -0.39 is 6.10 Å². The van der Waals surface area contributed by atoms with Gasteiger partial charge in [-0.3, -0.25) is 4.79 Å². The first-order valence-corrected chi connectivity index (χ1v) is 9.68. The molecule has 0 spiro atoms. The summed E-state index contributed by atoms with van der Waals surface area (Å²) in [5.74, 6) is 1.37. The number of hydrogen-bond donors (Lipinski definition) is 0. The van der Waals surface area contributed by atoms with Crippen molar-refractivity contribution < 1.29 is 14.3 Å². The molecule has 142 valence electrons. The van der Waals surface area contributed by atoms with Crippen LogP contribution in [0.3, 0.4) is 0 Å². The average Bonchev–Trinajstić information content (AvgIpc) is 3.19. The van der Waals surface area contributed by atoms with Crippen LogP contribution in [0, 0.1) is 0 Å². The van der Waals surface area contributed by atoms with E-state index in [1.54, 1.807) is 7.11 Å². The van der Waals surface area contributed by atoms with Crippen LogP contribution in [0.5, 0.6) is 11.5 Å². The Labute approximate surface area is 169 Å². The number of rotatable bonds is 4. The van der Waals surface area contributed by atoms with Gasteiger partial charge in [-0.2, -0.15) is 0 Å². The van der Waals surface area contributed by atoms with Gasteiger partial charge in [-0.05, 0) is 34.5 Å². The minimum absolute atomic E-state index is 0.00769. The van der Waals surface area contributed by atoms with Crippen molar-refractivity contribution in [3.8, 4) is 11.5 Å². The van der Waals surface area contributed by atoms with Gasteiger partial charge in [0.15, 0.2) is 6.10 Å². The normalized spacial score (nSPS) is 17.6. The third-order valence-corrected chi connectivity index (χ3v) is 5.59. The second-order valence-electron chi connectivity index (χ2n) is 7.22. The predicted molar refractivity (Wildman–Crippen MR) is 114 cm³/mol. The highest BCUT2D eigenvalue weighted by atomic mass is 16.5. The molecule has 5 rings (SSSR count). The highest BCUT2D eigenvalue weighted by molar-refractivity contribution is 6.02. The average molecular weight is 380 g/mol. The number of hydrogen-bond acceptors (Lipinski definition) is 3. The van der Waals surface area contributed by atoms with Crippen LogP contribution in [0.1, 0.15) is 27.4 Å². The summed E-state index contributed by atoms with van der Waals surface area (Å²) in [6, 6.07) is 29.6. The maximum Gasteiger partial charge on any atom is 0.204 e. The smallest absolute Gasteiger partial charge is 0.204 e. The Hall–Kier alpha value is -3.59. The first-order chi connectivity index (χ1) is 14.3. The van der Waals surface area contributed by atoms with Crippen molar-refractivity contribution in [1.82, 2.24) is 0 Å². The van der Waals surface area contributed by atoms with Crippen molar-refractivity contribution >= 4 is 16.6 Å². The van der Waals surface area contributed by atoms with E-state index in [0.29, 0.717) is 5.56 Å². The lowest BCUT2D eigenvalue weighted by atomic mass is 9.83. The second-order valence-corrected chi connectivity index (χ2v) is 7.22. The molecular formula is C26H20O3. The quantitative estimate of drug-likeness (QED) is 0.431. The Kier molecular flexibility index (Phi) is 4.28. The molecule has 0 N–H and O–H groups in total. The number of Topliss-reactive ketones (excluding diaryl/α,β-unsaturated/α-hetero) is 1. The first kappa shape index (κ1) is 17.5. The molecule has 0 radical (unpaired) electrons. The Bertz CT molecular complexity index is 1180. The number of carbonyl (C=O) groups is 1. The lowest BCUT2D eigenvalue weighted by molar-refractivity contribution is 0.0807. The molecule has 4 aromatic carbocycles. The predicted octanol–water partition coefficient (Wildman–Crippen LogP) is 5.62. The molecule has 3 heteroatoms. The van der Waals surface area contributed by atoms with Crippen LogP contribution >= 0.6 is 0 Å². The lowest BCUT2D eigenvalue weighted by Gasteiger charge is -2.19. The minimum atomic E-state index is -0.605. The van der Waals surface area contributed by atoms with Crippen molar-refractivity contribution in [3.63, 3.8) is 0 Å². The van der Waals surface area contributed by atoms with Gasteiger partial charge >= 0.3 is 0 Å². The van der Waals surface area contributed by atoms with Gasteiger partial charge in [0.25, 0.3) is 0 Å². The Morgan fingerprint density at radius 3 is 2.31 bits per heavy atom. The zero-order valence-corrected chi connectivity index (χ0v) is 16.0. The SMILES string of the molecule is COc1ccc([C@H]2c3c(ccc4ccccc34)O[C@@H]2C(=O)c2ccccc2)cc1. The van der Waals surface area contributed by atoms with Crippen LogP contribution in [0.25, 0.3) is 10.8 Å². The van der Waals surface area contributed by atoms with Crippen molar-refractivity contribution in [2.24, 2.45) is 0 Å². The van der Waals surface area contributed by atoms with E-state index in [1.807, 2.05) is 72.8 Å². The van der Waals surface area contributed by atoms with Crippen molar-refractivity contribution in [2.45, 2.75) is 12.0 Å². The molecule has 0 saturated heterocycles. The highest BCUT2D eigenvalue weighted by Crippen LogP contribution is 2.47. The van der Waals surface area contributed by atoms with E-state index in [0.717, 1.165) is 33.4 Å². The summed E-state index contributed by atoms with van der Waals surface area (Å²) in [5, 5.41) is 2.26. The molecule has 1 aliphatic heterocycles. The van der Waals surface area contributed by atoms with Crippen LogP contribution in [0.4, 0.5) is 0 Å². The van der Waals surface area contributed by atoms with Crippen molar-refractivity contribution in [2.75, 3.05) is 7.11 Å². The van der Waals surface area contributed by atoms with E-state index in [9.17, 15) is 4.79 Å². The van der Waals surface area contributed by atoms with E-state index in [1.165, 1.54) is 0 Å². The van der Waals surface area contributed by atoms with Gasteiger partial charge in [-0.25, -0.2) is 0 Å². The molecule has 4 aromatic rings. The number of fused-ring (bicyclic) bond motifs is 3. The zero-order valence-electron chi connectivity index (χ0n) is 16.0. The van der Waals surface area contributed by atoms with Crippen molar-refractivity contribution in [1.29, 1.82) is 0 Å². The van der Waals surface area contributed by atoms with Gasteiger partial charge in [-0.15, -0.1) is 0 Å². The monoisotopic (exact) mass is 380 g/mol. The third kappa shape index (κ3) is 2.95. The molecule has 0 aliphatic carbocycles. The van der Waals surface area contributed by atoms with Crippen LogP contribution in [-0.4, -0.2) is 19.0 Å². The standard InChI is InChI=1S/C26H20O3/c1-28-20-14-11-18(12-15-20)23-24-21-10-6-5-7-17(21)13-16-22(24)29-26(23)25(27)19-8-3-2-4-9-19/h2-16,23,26H,1H3/t23-,26-/m0/s1. The summed E-state index contributed by atoms with van der Waals surface area (Å²) in [5.41, 5.74) is 2.77. The first-order valence-electron chi connectivity index (χ1n) is 9.68. The summed E-state index contributed by atoms with van der Waals surface area (Å²) in [6.07, 6.45) is -0.605. The summed E-state index contributed by atoms with van der Waals surface area (Å²) < 4.78 is 11.6. The Morgan fingerprint density at radius 1 is 0.828 bits per heavy atom. The number of benzene rings is 4. The molecule has 0 fully saturated rings. The summed E-state index contributed by atoms with van der Waals surface area (Å²) >= 11 is 0. The largest absolute Gasteiger partial charge is 0.497 e. The van der Waals surface area contributed by atoms with E-state index in [-0.39, 0.29) is 11.7 Å². The third-order valence-electron chi connectivity index (χ3n) is 5.59. The van der Waals surface area contributed by atoms with Gasteiger partial charge in [-0.1, -0.05) is 72.8 Å². The molecular weight excluding hydrogens is 360 g/mol. The summed E-state index contributed by atoms with van der Waals surface area (Å²) in [7, 11) is 1.65. The Morgan fingerprint density at radius 2 is 1.55 bits per heavy atom. The molecule has 0 amide bonds. The summed E-state index contributed by atoms with van der Waals surface area (Å²) in [4.78, 5) is 13.4. The van der Waals surface area contributed by atoms with Crippen molar-refractivity contribution in [3.05, 3.63) is 108 Å². The maximum atomic E-state index is 13.4. The molecule has 0 unspecified atom stereocenters. The number of ketones is 1. The van der Waals surface area contributed by atoms with Gasteiger partial charge in [0.1, 0.15) is 11.5 Å². The second kappa shape index (κ2) is 7.10. The topological polar surface area (TPSA) is 35.5 Å². The Balaban J connectivity index is 1.68. The number of methoxy groups -OCH3 is 1. The fraction of sp³-hybridized carbons (Fsp3) is 0.115. The molecule has 0 aromatic heterocycles. The molecule has 1 heterocycles. The number of carbonyl (C=O) groups excluding carboxylic acids is 1. The molecule has 3 nitrogen and oxygen atoms in total. The van der Waals surface area contributed by atoms with E-state index in [2.05, 4.69) is 18.2 Å². The van der Waals surface area contributed by atoms with Gasteiger partial charge < -0.3 is 9.47 Å². The molecule has 29 heavy (non-hydrogen) atoms.